The van der Waals surface area contributed by atoms with Crippen LogP contribution in [0.3, 0.4) is 0 Å². The fraction of sp³-hybridized carbons (Fsp3) is 0.953. The third kappa shape index (κ3) is 75.5. The molecule has 17 nitrogen and oxygen atoms in total. The number of unbranched alkanes of at least 4 members (excludes halogenated alkanes) is 52. The quantitative estimate of drug-likeness (QED) is 0.0222. The highest BCUT2D eigenvalue weighted by Gasteiger charge is 2.30. The van der Waals surface area contributed by atoms with Crippen molar-refractivity contribution in [1.82, 2.24) is 0 Å². The molecule has 3 N–H and O–H groups in total. The standard InChI is InChI=1S/C85H166O17P2/c1-7-11-13-15-17-19-21-23-25-27-28-30-34-38-42-49-55-61-67-82(87)95-73-80(101-84(89)70-64-58-52-44-40-36-32-31-33-37-41-47-53-59-65-77(5)9-3)75-99-103(91,92)97-71-79(86)72-98-104(93,94)100-76-81(74-96-83(88)68-62-56-50-46-45-48-54-60-66-78(6)10-4)102-85(90)69-63-57-51-43-39-35-29-26-24-22-20-18-16-14-12-8-2/h77-81,86H,7-76H2,1-6H3,(H,91,92)(H,93,94)/t77?,78?,79-,80-,81-/m1/s1. The number of hydrogen-bond donors (Lipinski definition) is 3. The zero-order valence-corrected chi connectivity index (χ0v) is 70.1. The summed E-state index contributed by atoms with van der Waals surface area (Å²) in [4.78, 5) is 73.2. The van der Waals surface area contributed by atoms with Gasteiger partial charge in [0, 0.05) is 25.7 Å². The molecule has 0 aliphatic carbocycles. The molecule has 0 saturated carbocycles. The van der Waals surface area contributed by atoms with E-state index in [4.69, 9.17) is 37.0 Å². The van der Waals surface area contributed by atoms with Crippen LogP contribution < -0.4 is 0 Å². The zero-order chi connectivity index (χ0) is 76.4. The topological polar surface area (TPSA) is 237 Å². The van der Waals surface area contributed by atoms with E-state index in [1.54, 1.807) is 0 Å². The molecule has 104 heavy (non-hydrogen) atoms. The Morgan fingerprint density at radius 1 is 0.269 bits per heavy atom. The molecule has 0 saturated heterocycles. The van der Waals surface area contributed by atoms with Gasteiger partial charge in [0.25, 0.3) is 0 Å². The maximum Gasteiger partial charge on any atom is 0.472 e. The molecule has 0 amide bonds. The van der Waals surface area contributed by atoms with E-state index in [1.807, 2.05) is 0 Å². The highest BCUT2D eigenvalue weighted by atomic mass is 31.2. The van der Waals surface area contributed by atoms with Crippen molar-refractivity contribution in [3.63, 3.8) is 0 Å². The molecule has 0 rings (SSSR count). The van der Waals surface area contributed by atoms with Gasteiger partial charge in [0.2, 0.25) is 0 Å². The van der Waals surface area contributed by atoms with Crippen LogP contribution in [0.15, 0.2) is 0 Å². The Morgan fingerprint density at radius 2 is 0.462 bits per heavy atom. The van der Waals surface area contributed by atoms with Gasteiger partial charge >= 0.3 is 39.5 Å². The molecule has 7 atom stereocenters. The van der Waals surface area contributed by atoms with Crippen LogP contribution in [-0.2, 0) is 65.4 Å². The summed E-state index contributed by atoms with van der Waals surface area (Å²) in [5.41, 5.74) is 0. The van der Waals surface area contributed by atoms with Gasteiger partial charge in [-0.1, -0.05) is 401 Å². The van der Waals surface area contributed by atoms with Gasteiger partial charge in [-0.05, 0) is 37.5 Å². The first-order chi connectivity index (χ1) is 50.4. The van der Waals surface area contributed by atoms with Gasteiger partial charge in [-0.3, -0.25) is 37.3 Å². The number of aliphatic hydroxyl groups excluding tert-OH is 1. The average Bonchev–Trinajstić information content (AvgIpc) is 0.901. The Balaban J connectivity index is 5.27. The monoisotopic (exact) mass is 1520 g/mol. The van der Waals surface area contributed by atoms with Gasteiger partial charge in [0.05, 0.1) is 26.4 Å². The number of esters is 4. The first-order valence-electron chi connectivity index (χ1n) is 44.1. The third-order valence-corrected chi connectivity index (χ3v) is 22.6. The molecule has 0 aromatic carbocycles. The van der Waals surface area contributed by atoms with Crippen LogP contribution >= 0.6 is 15.6 Å². The van der Waals surface area contributed by atoms with Crippen LogP contribution in [-0.4, -0.2) is 96.7 Å². The predicted octanol–water partition coefficient (Wildman–Crippen LogP) is 25.8. The minimum atomic E-state index is -4.97. The SMILES string of the molecule is CCCCCCCCCCCCCCCCCCCCC(=O)OC[C@H](COP(=O)(O)OC[C@@H](O)COP(=O)(O)OC[C@@H](COC(=O)CCCCCCCCCCC(C)CC)OC(=O)CCCCCCCCCCCCCCCCCC)OC(=O)CCCCCCCCCCCCCCCCC(C)CC. The van der Waals surface area contributed by atoms with Crippen molar-refractivity contribution < 1.29 is 80.2 Å². The number of carbonyl (C=O) groups excluding carboxylic acids is 4. The summed E-state index contributed by atoms with van der Waals surface area (Å²) in [5.74, 6) is -0.478. The van der Waals surface area contributed by atoms with Crippen LogP contribution in [0, 0.1) is 11.8 Å². The van der Waals surface area contributed by atoms with Crippen LogP contribution in [0.1, 0.15) is 452 Å². The zero-order valence-electron chi connectivity index (χ0n) is 68.3. The predicted molar refractivity (Wildman–Crippen MR) is 428 cm³/mol. The highest BCUT2D eigenvalue weighted by molar-refractivity contribution is 7.47. The molecule has 0 radical (unpaired) electrons. The average molecular weight is 1520 g/mol. The van der Waals surface area contributed by atoms with E-state index < -0.39 is 97.5 Å². The van der Waals surface area contributed by atoms with Gasteiger partial charge in [-0.25, -0.2) is 9.13 Å². The molecule has 0 aliphatic heterocycles. The molecule has 0 aromatic heterocycles. The molecule has 4 unspecified atom stereocenters. The molecular weight excluding hydrogens is 1350 g/mol. The van der Waals surface area contributed by atoms with Gasteiger partial charge < -0.3 is 33.8 Å². The van der Waals surface area contributed by atoms with Crippen molar-refractivity contribution in [3.8, 4) is 0 Å². The lowest BCUT2D eigenvalue weighted by atomic mass is 9.99. The lowest BCUT2D eigenvalue weighted by Crippen LogP contribution is -2.30. The minimum absolute atomic E-state index is 0.108. The van der Waals surface area contributed by atoms with E-state index in [0.29, 0.717) is 25.7 Å². The minimum Gasteiger partial charge on any atom is -0.462 e. The molecule has 19 heteroatoms. The van der Waals surface area contributed by atoms with E-state index >= 15 is 0 Å². The number of phosphoric acid groups is 2. The molecule has 0 aromatic rings. The molecule has 0 fully saturated rings. The van der Waals surface area contributed by atoms with Crippen LogP contribution in [0.2, 0.25) is 0 Å². The first-order valence-corrected chi connectivity index (χ1v) is 47.1. The largest absolute Gasteiger partial charge is 0.472 e. The smallest absolute Gasteiger partial charge is 0.462 e. The fourth-order valence-corrected chi connectivity index (χ4v) is 14.8. The number of phosphoric ester groups is 2. The molecule has 618 valence electrons. The third-order valence-electron chi connectivity index (χ3n) is 20.7. The summed E-state index contributed by atoms with van der Waals surface area (Å²) < 4.78 is 68.9. The van der Waals surface area contributed by atoms with Crippen molar-refractivity contribution in [3.05, 3.63) is 0 Å². The fourth-order valence-electron chi connectivity index (χ4n) is 13.2. The Labute approximate surface area is 638 Å². The highest BCUT2D eigenvalue weighted by Crippen LogP contribution is 2.45. The lowest BCUT2D eigenvalue weighted by molar-refractivity contribution is -0.161. The Hall–Kier alpha value is -1.94. The number of aliphatic hydroxyl groups is 1. The number of hydrogen-bond acceptors (Lipinski definition) is 15. The second kappa shape index (κ2) is 76.4. The van der Waals surface area contributed by atoms with Gasteiger partial charge in [0.15, 0.2) is 12.2 Å². The molecule has 0 aliphatic rings. The summed E-state index contributed by atoms with van der Waals surface area (Å²) >= 11 is 0. The lowest BCUT2D eigenvalue weighted by Gasteiger charge is -2.21. The van der Waals surface area contributed by atoms with E-state index in [-0.39, 0.29) is 25.7 Å². The van der Waals surface area contributed by atoms with Crippen LogP contribution in [0.4, 0.5) is 0 Å². The van der Waals surface area contributed by atoms with Gasteiger partial charge in [-0.15, -0.1) is 0 Å². The maximum absolute atomic E-state index is 13.1. The number of ether oxygens (including phenoxy) is 4. The van der Waals surface area contributed by atoms with E-state index in [9.17, 15) is 43.2 Å². The second-order valence-electron chi connectivity index (χ2n) is 31.1. The van der Waals surface area contributed by atoms with Gasteiger partial charge in [0.1, 0.15) is 19.3 Å². The van der Waals surface area contributed by atoms with Crippen molar-refractivity contribution in [2.24, 2.45) is 11.8 Å². The van der Waals surface area contributed by atoms with Crippen molar-refractivity contribution in [1.29, 1.82) is 0 Å². The maximum atomic E-state index is 13.1. The summed E-state index contributed by atoms with van der Waals surface area (Å²) in [7, 11) is -9.93. The Bertz CT molecular complexity index is 2000. The summed E-state index contributed by atoms with van der Waals surface area (Å²) in [5, 5.41) is 10.7. The van der Waals surface area contributed by atoms with Crippen molar-refractivity contribution in [2.75, 3.05) is 39.6 Å². The van der Waals surface area contributed by atoms with Gasteiger partial charge in [-0.2, -0.15) is 0 Å². The number of rotatable bonds is 84. The van der Waals surface area contributed by atoms with Crippen molar-refractivity contribution >= 4 is 39.5 Å². The molecule has 0 bridgehead atoms. The normalized spacial score (nSPS) is 14.4. The molecule has 0 heterocycles. The van der Waals surface area contributed by atoms with Crippen LogP contribution in [0.25, 0.3) is 0 Å². The van der Waals surface area contributed by atoms with E-state index in [0.717, 1.165) is 102 Å². The Kier molecular flexibility index (Phi) is 75.0. The first kappa shape index (κ1) is 102. The summed E-state index contributed by atoms with van der Waals surface area (Å²) in [6, 6.07) is 0. The second-order valence-corrected chi connectivity index (χ2v) is 34.0. The van der Waals surface area contributed by atoms with E-state index in [2.05, 4.69) is 41.5 Å². The Morgan fingerprint density at radius 3 is 0.683 bits per heavy atom. The molecule has 0 spiro atoms. The van der Waals surface area contributed by atoms with Crippen molar-refractivity contribution in [2.45, 2.75) is 471 Å². The van der Waals surface area contributed by atoms with E-state index in [1.165, 1.54) is 270 Å². The summed E-state index contributed by atoms with van der Waals surface area (Å²) in [6.07, 6.45) is 67.8. The van der Waals surface area contributed by atoms with Crippen LogP contribution in [0.5, 0.6) is 0 Å². The number of carbonyl (C=O) groups is 4. The summed E-state index contributed by atoms with van der Waals surface area (Å²) in [6.45, 7) is 9.73. The molecular formula is C85H166O17P2.